The summed E-state index contributed by atoms with van der Waals surface area (Å²) in [7, 11) is 0. The van der Waals surface area contributed by atoms with E-state index in [0.29, 0.717) is 5.82 Å². The van der Waals surface area contributed by atoms with Crippen molar-refractivity contribution in [3.63, 3.8) is 0 Å². The number of aromatic nitrogens is 3. The Balaban J connectivity index is 2.11. The van der Waals surface area contributed by atoms with Crippen LogP contribution in [-0.2, 0) is 0 Å². The van der Waals surface area contributed by atoms with E-state index in [1.807, 2.05) is 30.3 Å². The van der Waals surface area contributed by atoms with Gasteiger partial charge >= 0.3 is 0 Å². The number of aromatic amines is 1. The second-order valence-electron chi connectivity index (χ2n) is 3.80. The van der Waals surface area contributed by atoms with Gasteiger partial charge in [-0.25, -0.2) is 4.98 Å². The number of nitrogens with one attached hydrogen (secondary N) is 1. The van der Waals surface area contributed by atoms with Gasteiger partial charge < -0.3 is 5.73 Å². The van der Waals surface area contributed by atoms with Crippen molar-refractivity contribution < 1.29 is 0 Å². The van der Waals surface area contributed by atoms with Gasteiger partial charge in [0.1, 0.15) is 5.82 Å². The van der Waals surface area contributed by atoms with Crippen molar-refractivity contribution in [2.75, 3.05) is 12.0 Å². The molecule has 0 aliphatic carbocycles. The lowest BCUT2D eigenvalue weighted by Gasteiger charge is -2.05. The molecule has 0 aliphatic rings. The summed E-state index contributed by atoms with van der Waals surface area (Å²) in [6.07, 6.45) is 2.98. The molecule has 0 saturated heterocycles. The Kier molecular flexibility index (Phi) is 4.17. The Labute approximate surface area is 105 Å². The first kappa shape index (κ1) is 12.1. The summed E-state index contributed by atoms with van der Waals surface area (Å²) < 4.78 is 0. The molecule has 0 saturated carbocycles. The zero-order valence-electron chi connectivity index (χ0n) is 9.76. The fourth-order valence-electron chi connectivity index (χ4n) is 1.54. The average molecular weight is 248 g/mol. The van der Waals surface area contributed by atoms with Crippen LogP contribution in [0.2, 0.25) is 0 Å². The van der Waals surface area contributed by atoms with Gasteiger partial charge in [0, 0.05) is 5.56 Å². The third-order valence-electron chi connectivity index (χ3n) is 2.52. The van der Waals surface area contributed by atoms with Crippen molar-refractivity contribution in [2.24, 2.45) is 5.73 Å². The smallest absolute Gasteiger partial charge is 0.181 e. The third-order valence-corrected chi connectivity index (χ3v) is 3.16. The second-order valence-corrected chi connectivity index (χ2v) is 4.78. The predicted molar refractivity (Wildman–Crippen MR) is 71.7 cm³/mol. The van der Waals surface area contributed by atoms with Crippen LogP contribution in [0.3, 0.4) is 0 Å². The first-order valence-corrected chi connectivity index (χ1v) is 6.93. The minimum atomic E-state index is -0.0626. The maximum Gasteiger partial charge on any atom is 0.181 e. The van der Waals surface area contributed by atoms with Crippen molar-refractivity contribution in [3.8, 4) is 11.4 Å². The molecule has 0 amide bonds. The minimum absolute atomic E-state index is 0.0626. The number of rotatable bonds is 5. The first-order chi connectivity index (χ1) is 8.31. The molecule has 0 aliphatic heterocycles. The summed E-state index contributed by atoms with van der Waals surface area (Å²) in [5, 5.41) is 7.11. The lowest BCUT2D eigenvalue weighted by atomic mass is 10.2. The second kappa shape index (κ2) is 5.84. The van der Waals surface area contributed by atoms with Gasteiger partial charge in [-0.2, -0.15) is 16.9 Å². The Hall–Kier alpha value is -1.33. The van der Waals surface area contributed by atoms with E-state index in [2.05, 4.69) is 21.4 Å². The maximum atomic E-state index is 6.03. The van der Waals surface area contributed by atoms with Gasteiger partial charge in [-0.05, 0) is 18.4 Å². The highest BCUT2D eigenvalue weighted by molar-refractivity contribution is 7.98. The monoisotopic (exact) mass is 248 g/mol. The van der Waals surface area contributed by atoms with E-state index in [0.717, 1.165) is 23.6 Å². The van der Waals surface area contributed by atoms with Gasteiger partial charge in [0.05, 0.1) is 6.04 Å². The summed E-state index contributed by atoms with van der Waals surface area (Å²) in [6, 6.07) is 9.83. The molecule has 5 heteroatoms. The highest BCUT2D eigenvalue weighted by Crippen LogP contribution is 2.17. The van der Waals surface area contributed by atoms with Crippen LogP contribution in [-0.4, -0.2) is 27.2 Å². The van der Waals surface area contributed by atoms with Gasteiger partial charge in [-0.15, -0.1) is 0 Å². The van der Waals surface area contributed by atoms with Crippen molar-refractivity contribution >= 4 is 11.8 Å². The molecule has 1 atom stereocenters. The van der Waals surface area contributed by atoms with Crippen molar-refractivity contribution in [2.45, 2.75) is 12.5 Å². The van der Waals surface area contributed by atoms with E-state index in [4.69, 9.17) is 5.73 Å². The van der Waals surface area contributed by atoms with Gasteiger partial charge in [0.15, 0.2) is 5.82 Å². The zero-order chi connectivity index (χ0) is 12.1. The molecule has 1 aromatic heterocycles. The molecule has 0 spiro atoms. The van der Waals surface area contributed by atoms with E-state index in [9.17, 15) is 0 Å². The summed E-state index contributed by atoms with van der Waals surface area (Å²) in [6.45, 7) is 0. The standard InChI is InChI=1S/C12H16N4S/c1-17-8-7-10(13)12-14-11(15-16-12)9-5-3-2-4-6-9/h2-6,10H,7-8,13H2,1H3,(H,14,15,16)/t10-/m0/s1. The van der Waals surface area contributed by atoms with Gasteiger partial charge in [-0.3, -0.25) is 5.10 Å². The number of benzene rings is 1. The Morgan fingerprint density at radius 3 is 2.82 bits per heavy atom. The van der Waals surface area contributed by atoms with E-state index in [1.165, 1.54) is 0 Å². The topological polar surface area (TPSA) is 67.6 Å². The molecule has 2 rings (SSSR count). The number of H-pyrrole nitrogens is 1. The molecule has 4 nitrogen and oxygen atoms in total. The lowest BCUT2D eigenvalue weighted by molar-refractivity contribution is 0.658. The Morgan fingerprint density at radius 1 is 1.35 bits per heavy atom. The molecule has 2 aromatic rings. The summed E-state index contributed by atoms with van der Waals surface area (Å²) in [5.74, 6) is 2.50. The van der Waals surface area contributed by atoms with E-state index in [1.54, 1.807) is 11.8 Å². The largest absolute Gasteiger partial charge is 0.321 e. The zero-order valence-corrected chi connectivity index (χ0v) is 10.6. The molecular weight excluding hydrogens is 232 g/mol. The number of thioether (sulfide) groups is 1. The highest BCUT2D eigenvalue weighted by atomic mass is 32.2. The SMILES string of the molecule is CSCC[C@H](N)c1nc(-c2ccccc2)n[nH]1. The summed E-state index contributed by atoms with van der Waals surface area (Å²) >= 11 is 1.79. The van der Waals surface area contributed by atoms with Gasteiger partial charge in [0.2, 0.25) is 0 Å². The van der Waals surface area contributed by atoms with Crippen LogP contribution in [0.4, 0.5) is 0 Å². The minimum Gasteiger partial charge on any atom is -0.321 e. The van der Waals surface area contributed by atoms with E-state index < -0.39 is 0 Å². The predicted octanol–water partition coefficient (Wildman–Crippen LogP) is 2.22. The van der Waals surface area contributed by atoms with Crippen molar-refractivity contribution in [3.05, 3.63) is 36.2 Å². The highest BCUT2D eigenvalue weighted by Gasteiger charge is 2.11. The van der Waals surface area contributed by atoms with Crippen LogP contribution in [0.1, 0.15) is 18.3 Å². The van der Waals surface area contributed by atoms with Crippen molar-refractivity contribution in [1.82, 2.24) is 15.2 Å². The molecule has 1 aromatic carbocycles. The number of nitrogens with two attached hydrogens (primary N) is 1. The number of nitrogens with zero attached hydrogens (tertiary/aromatic N) is 2. The van der Waals surface area contributed by atoms with Crippen LogP contribution in [0.25, 0.3) is 11.4 Å². The molecule has 0 bridgehead atoms. The molecule has 1 heterocycles. The molecule has 3 N–H and O–H groups in total. The quantitative estimate of drug-likeness (QED) is 0.851. The Bertz CT molecular complexity index is 455. The normalized spacial score (nSPS) is 12.6. The number of hydrogen-bond acceptors (Lipinski definition) is 4. The number of hydrogen-bond donors (Lipinski definition) is 2. The molecule has 0 fully saturated rings. The fourth-order valence-corrected chi connectivity index (χ4v) is 2.03. The van der Waals surface area contributed by atoms with Gasteiger partial charge in [-0.1, -0.05) is 30.3 Å². The van der Waals surface area contributed by atoms with Crippen LogP contribution in [0.15, 0.2) is 30.3 Å². The maximum absolute atomic E-state index is 6.03. The lowest BCUT2D eigenvalue weighted by Crippen LogP contribution is -2.12. The molecular formula is C12H16N4S. The van der Waals surface area contributed by atoms with Crippen LogP contribution >= 0.6 is 11.8 Å². The van der Waals surface area contributed by atoms with Crippen LogP contribution < -0.4 is 5.73 Å². The fraction of sp³-hybridized carbons (Fsp3) is 0.333. The third kappa shape index (κ3) is 3.08. The Morgan fingerprint density at radius 2 is 2.12 bits per heavy atom. The molecule has 90 valence electrons. The van der Waals surface area contributed by atoms with E-state index in [-0.39, 0.29) is 6.04 Å². The molecule has 0 radical (unpaired) electrons. The van der Waals surface area contributed by atoms with Crippen molar-refractivity contribution in [1.29, 1.82) is 0 Å². The molecule has 17 heavy (non-hydrogen) atoms. The summed E-state index contributed by atoms with van der Waals surface area (Å²) in [5.41, 5.74) is 7.03. The van der Waals surface area contributed by atoms with Crippen LogP contribution in [0, 0.1) is 0 Å². The summed E-state index contributed by atoms with van der Waals surface area (Å²) in [4.78, 5) is 4.43. The van der Waals surface area contributed by atoms with Gasteiger partial charge in [0.25, 0.3) is 0 Å². The molecule has 0 unspecified atom stereocenters. The first-order valence-electron chi connectivity index (χ1n) is 5.53. The van der Waals surface area contributed by atoms with Crippen LogP contribution in [0.5, 0.6) is 0 Å². The average Bonchev–Trinajstić information content (AvgIpc) is 2.86. The van der Waals surface area contributed by atoms with E-state index >= 15 is 0 Å².